The number of likely N-dealkylation sites (tertiary alicyclic amines) is 1. The standard InChI is InChI=1S/C37H52BrN3O7/c1-4-7-14-21-40(20-6-3)35(45)33-37-24-27(38)32(48-37)30(31(37)34(44)41(33)22-15-9-10-16-23-42)36(46)47-28(26-17-12-11-13-18-26)25-39-29(43)19-8-5-2/h5-6,11-13,17-18,27-28,30-33,42H,2-4,7-10,14-16,19-25H2,1H3,(H,39,43)/t27?,28-,30-,31+,32-,33-,37+/m0/s1. The zero-order valence-corrected chi connectivity index (χ0v) is 29.8. The number of carbonyl (C=O) groups excluding carboxylic acids is 4. The monoisotopic (exact) mass is 729 g/mol. The van der Waals surface area contributed by atoms with Crippen LogP contribution in [0.2, 0.25) is 0 Å². The second-order valence-corrected chi connectivity index (χ2v) is 14.3. The van der Waals surface area contributed by atoms with E-state index >= 15 is 0 Å². The number of esters is 1. The van der Waals surface area contributed by atoms with E-state index in [-0.39, 0.29) is 42.1 Å². The van der Waals surface area contributed by atoms with Crippen molar-refractivity contribution < 1.29 is 33.8 Å². The predicted molar refractivity (Wildman–Crippen MR) is 187 cm³/mol. The Labute approximate surface area is 293 Å². The first-order valence-electron chi connectivity index (χ1n) is 17.5. The Morgan fingerprint density at radius 3 is 2.58 bits per heavy atom. The third-order valence-corrected chi connectivity index (χ3v) is 10.6. The molecule has 1 spiro atoms. The summed E-state index contributed by atoms with van der Waals surface area (Å²) in [5.74, 6) is -3.02. The molecule has 3 aliphatic heterocycles. The molecule has 264 valence electrons. The van der Waals surface area contributed by atoms with Crippen molar-refractivity contribution in [3.05, 3.63) is 61.2 Å². The van der Waals surface area contributed by atoms with E-state index in [1.807, 2.05) is 30.3 Å². The lowest BCUT2D eigenvalue weighted by Crippen LogP contribution is -2.57. The summed E-state index contributed by atoms with van der Waals surface area (Å²) in [6, 6.07) is 8.32. The number of benzene rings is 1. The molecule has 0 saturated carbocycles. The zero-order valence-electron chi connectivity index (χ0n) is 28.2. The maximum atomic E-state index is 14.5. The van der Waals surface area contributed by atoms with Gasteiger partial charge in [-0.2, -0.15) is 0 Å². The Bertz CT molecular complexity index is 1280. The van der Waals surface area contributed by atoms with E-state index in [0.717, 1.165) is 32.1 Å². The van der Waals surface area contributed by atoms with Gasteiger partial charge in [0.2, 0.25) is 17.7 Å². The summed E-state index contributed by atoms with van der Waals surface area (Å²) in [6.07, 6.45) is 8.91. The van der Waals surface area contributed by atoms with Gasteiger partial charge in [-0.15, -0.1) is 13.2 Å². The smallest absolute Gasteiger partial charge is 0.313 e. The molecule has 48 heavy (non-hydrogen) atoms. The number of aliphatic hydroxyl groups excluding tert-OH is 1. The van der Waals surface area contributed by atoms with E-state index in [9.17, 15) is 24.3 Å². The summed E-state index contributed by atoms with van der Waals surface area (Å²) in [5.41, 5.74) is -0.473. The summed E-state index contributed by atoms with van der Waals surface area (Å²) in [6.45, 7) is 11.1. The lowest BCUT2D eigenvalue weighted by Gasteiger charge is -2.37. The van der Waals surface area contributed by atoms with Gasteiger partial charge >= 0.3 is 5.97 Å². The van der Waals surface area contributed by atoms with Crippen molar-refractivity contribution in [2.75, 3.05) is 32.8 Å². The minimum absolute atomic E-state index is 0.0703. The van der Waals surface area contributed by atoms with Gasteiger partial charge in [-0.25, -0.2) is 0 Å². The molecule has 1 unspecified atom stereocenters. The van der Waals surface area contributed by atoms with Gasteiger partial charge in [0.25, 0.3) is 0 Å². The number of hydrogen-bond donors (Lipinski definition) is 2. The number of aliphatic hydroxyl groups is 1. The van der Waals surface area contributed by atoms with Crippen LogP contribution in [0.5, 0.6) is 0 Å². The van der Waals surface area contributed by atoms with Crippen LogP contribution in [0.25, 0.3) is 0 Å². The highest BCUT2D eigenvalue weighted by atomic mass is 79.9. The van der Waals surface area contributed by atoms with E-state index in [1.165, 1.54) is 0 Å². The molecule has 2 bridgehead atoms. The highest BCUT2D eigenvalue weighted by Gasteiger charge is 2.77. The molecule has 0 radical (unpaired) electrons. The molecule has 3 amide bonds. The van der Waals surface area contributed by atoms with Crippen LogP contribution in [-0.4, -0.2) is 94.0 Å². The van der Waals surface area contributed by atoms with Crippen molar-refractivity contribution in [1.82, 2.24) is 15.1 Å². The van der Waals surface area contributed by atoms with Gasteiger partial charge in [0.15, 0.2) is 0 Å². The van der Waals surface area contributed by atoms with Gasteiger partial charge < -0.3 is 29.7 Å². The number of nitrogens with zero attached hydrogens (tertiary/aromatic N) is 2. The molecule has 7 atom stereocenters. The normalized spacial score (nSPS) is 26.2. The van der Waals surface area contributed by atoms with Gasteiger partial charge in [-0.1, -0.05) is 91.0 Å². The van der Waals surface area contributed by atoms with E-state index in [1.54, 1.807) is 22.0 Å². The number of allylic oxidation sites excluding steroid dienone is 1. The zero-order chi connectivity index (χ0) is 34.7. The first kappa shape index (κ1) is 37.8. The van der Waals surface area contributed by atoms with Crippen LogP contribution < -0.4 is 5.32 Å². The third-order valence-electron chi connectivity index (χ3n) is 9.79. The van der Waals surface area contributed by atoms with Crippen LogP contribution in [0.15, 0.2) is 55.6 Å². The topological polar surface area (TPSA) is 125 Å². The fourth-order valence-electron chi connectivity index (χ4n) is 7.48. The number of amides is 3. The van der Waals surface area contributed by atoms with Crippen LogP contribution in [-0.2, 0) is 28.7 Å². The molecule has 1 aromatic rings. The largest absolute Gasteiger partial charge is 0.455 e. The number of nitrogens with one attached hydrogen (secondary N) is 1. The van der Waals surface area contributed by atoms with E-state index in [2.05, 4.69) is 41.3 Å². The molecular formula is C37H52BrN3O7. The number of fused-ring (bicyclic) bond motifs is 1. The summed E-state index contributed by atoms with van der Waals surface area (Å²) in [5, 5.41) is 12.1. The molecule has 4 rings (SSSR count). The van der Waals surface area contributed by atoms with E-state index in [0.29, 0.717) is 50.9 Å². The third kappa shape index (κ3) is 8.40. The molecule has 11 heteroatoms. The van der Waals surface area contributed by atoms with Crippen LogP contribution in [0.3, 0.4) is 0 Å². The lowest BCUT2D eigenvalue weighted by molar-refractivity contribution is -0.160. The SMILES string of the molecule is C=CCCC(=O)NC[C@H](OC(=O)[C@@H]1[C@H]2O[C@@]3(CC2Br)[C@H](C(=O)N(CC=C)CCCCC)N(CCCCCCO)C(=O)[C@@H]13)c1ccccc1. The first-order valence-corrected chi connectivity index (χ1v) is 18.4. The Balaban J connectivity index is 1.63. The molecule has 0 aliphatic carbocycles. The predicted octanol–water partition coefficient (Wildman–Crippen LogP) is 4.86. The van der Waals surface area contributed by atoms with Crippen molar-refractivity contribution >= 4 is 39.6 Å². The molecule has 1 aromatic carbocycles. The van der Waals surface area contributed by atoms with E-state index in [4.69, 9.17) is 9.47 Å². The van der Waals surface area contributed by atoms with E-state index < -0.39 is 41.7 Å². The molecule has 3 heterocycles. The number of hydrogen-bond acceptors (Lipinski definition) is 7. The van der Waals surface area contributed by atoms with Crippen molar-refractivity contribution in [3.8, 4) is 0 Å². The quantitative estimate of drug-likeness (QED) is 0.0802. The minimum atomic E-state index is -1.19. The van der Waals surface area contributed by atoms with Gasteiger partial charge in [0.1, 0.15) is 17.7 Å². The minimum Gasteiger partial charge on any atom is -0.455 e. The number of rotatable bonds is 21. The second-order valence-electron chi connectivity index (χ2n) is 13.1. The van der Waals surface area contributed by atoms with Gasteiger partial charge in [-0.3, -0.25) is 19.2 Å². The lowest BCUT2D eigenvalue weighted by atomic mass is 9.70. The molecule has 10 nitrogen and oxygen atoms in total. The van der Waals surface area contributed by atoms with Crippen LogP contribution >= 0.6 is 15.9 Å². The Morgan fingerprint density at radius 1 is 1.15 bits per heavy atom. The fraction of sp³-hybridized carbons (Fsp3) is 0.622. The Morgan fingerprint density at radius 2 is 1.90 bits per heavy atom. The summed E-state index contributed by atoms with van der Waals surface area (Å²) in [7, 11) is 0. The molecule has 2 N–H and O–H groups in total. The van der Waals surface area contributed by atoms with Crippen LogP contribution in [0.4, 0.5) is 0 Å². The molecule has 3 aliphatic rings. The average Bonchev–Trinajstić information content (AvgIpc) is 3.68. The van der Waals surface area contributed by atoms with Gasteiger partial charge in [0, 0.05) is 37.5 Å². The van der Waals surface area contributed by atoms with Crippen LogP contribution in [0, 0.1) is 11.8 Å². The first-order chi connectivity index (χ1) is 23.2. The summed E-state index contributed by atoms with van der Waals surface area (Å²) in [4.78, 5) is 58.8. The Kier molecular flexibility index (Phi) is 14.3. The van der Waals surface area contributed by atoms with Gasteiger partial charge in [0.05, 0.1) is 24.5 Å². The summed E-state index contributed by atoms with van der Waals surface area (Å²) >= 11 is 3.74. The maximum absolute atomic E-state index is 14.5. The molecule has 3 fully saturated rings. The number of unbranched alkanes of at least 4 members (excludes halogenated alkanes) is 5. The van der Waals surface area contributed by atoms with Crippen LogP contribution in [0.1, 0.15) is 82.8 Å². The molecular weight excluding hydrogens is 678 g/mol. The summed E-state index contributed by atoms with van der Waals surface area (Å²) < 4.78 is 12.9. The number of alkyl halides is 1. The highest BCUT2D eigenvalue weighted by Crippen LogP contribution is 2.60. The molecule has 3 saturated heterocycles. The fourth-order valence-corrected chi connectivity index (χ4v) is 8.42. The van der Waals surface area contributed by atoms with Gasteiger partial charge in [-0.05, 0) is 37.7 Å². The number of carbonyl (C=O) groups is 4. The van der Waals surface area contributed by atoms with Crippen molar-refractivity contribution in [3.63, 3.8) is 0 Å². The number of halogens is 1. The second kappa shape index (κ2) is 18.1. The van der Waals surface area contributed by atoms with Crippen molar-refractivity contribution in [2.45, 2.75) is 99.8 Å². The maximum Gasteiger partial charge on any atom is 0.313 e. The molecule has 0 aromatic heterocycles. The van der Waals surface area contributed by atoms with Crippen molar-refractivity contribution in [1.29, 1.82) is 0 Å². The van der Waals surface area contributed by atoms with Crippen molar-refractivity contribution in [2.24, 2.45) is 11.8 Å². The average molecular weight is 731 g/mol. The Hall–Kier alpha value is -3.02. The number of ether oxygens (including phenoxy) is 2. The highest BCUT2D eigenvalue weighted by molar-refractivity contribution is 9.09.